The molecule has 2 rings (SSSR count). The molecule has 0 aliphatic rings. The Morgan fingerprint density at radius 2 is 1.95 bits per heavy atom. The van der Waals surface area contributed by atoms with E-state index in [4.69, 9.17) is 14.6 Å². The first-order chi connectivity index (χ1) is 10.6. The largest absolute Gasteiger partial charge is 0.497 e. The zero-order valence-electron chi connectivity index (χ0n) is 12.0. The van der Waals surface area contributed by atoms with Gasteiger partial charge in [-0.1, -0.05) is 0 Å². The summed E-state index contributed by atoms with van der Waals surface area (Å²) >= 11 is 0. The summed E-state index contributed by atoms with van der Waals surface area (Å²) in [5, 5.41) is 8.73. The quantitative estimate of drug-likeness (QED) is 0.792. The van der Waals surface area contributed by atoms with Crippen LogP contribution in [0.15, 0.2) is 35.1 Å². The molecular formula is C15H16N2O5. The number of nitrogens with zero attached hydrogens (tertiary/aromatic N) is 1. The van der Waals surface area contributed by atoms with Crippen molar-refractivity contribution >= 4 is 5.97 Å². The van der Waals surface area contributed by atoms with E-state index in [1.165, 1.54) is 6.07 Å². The minimum absolute atomic E-state index is 0.232. The van der Waals surface area contributed by atoms with Gasteiger partial charge in [0, 0.05) is 12.5 Å². The summed E-state index contributed by atoms with van der Waals surface area (Å²) in [7, 11) is 1.59. The van der Waals surface area contributed by atoms with Crippen LogP contribution in [-0.4, -0.2) is 34.8 Å². The van der Waals surface area contributed by atoms with Crippen LogP contribution in [0.2, 0.25) is 0 Å². The van der Waals surface area contributed by atoms with Crippen LogP contribution in [0.5, 0.6) is 11.5 Å². The number of ether oxygens (including phenoxy) is 2. The number of hydrogen-bond donors (Lipinski definition) is 2. The molecule has 0 aliphatic heterocycles. The Bertz CT molecular complexity index is 694. The van der Waals surface area contributed by atoms with Crippen LogP contribution in [0, 0.1) is 0 Å². The second-order valence-electron chi connectivity index (χ2n) is 4.53. The third kappa shape index (κ3) is 4.62. The molecule has 1 heterocycles. The molecule has 0 amide bonds. The van der Waals surface area contributed by atoms with Gasteiger partial charge in [0.05, 0.1) is 25.8 Å². The molecule has 7 heteroatoms. The maximum absolute atomic E-state index is 11.5. The Balaban J connectivity index is 1.94. The lowest BCUT2D eigenvalue weighted by Gasteiger charge is -2.07. The highest BCUT2D eigenvalue weighted by molar-refractivity contribution is 5.69. The highest BCUT2D eigenvalue weighted by atomic mass is 16.5. The summed E-state index contributed by atoms with van der Waals surface area (Å²) in [6, 6.07) is 8.29. The molecule has 7 nitrogen and oxygen atoms in total. The van der Waals surface area contributed by atoms with Gasteiger partial charge in [-0.25, -0.2) is 4.98 Å². The number of hydrogen-bond acceptors (Lipinski definition) is 5. The van der Waals surface area contributed by atoms with Crippen LogP contribution < -0.4 is 15.0 Å². The molecule has 0 spiro atoms. The summed E-state index contributed by atoms with van der Waals surface area (Å²) in [6.07, 6.45) is 0.0883. The Labute approximate surface area is 126 Å². The van der Waals surface area contributed by atoms with Crippen molar-refractivity contribution in [1.29, 1.82) is 0 Å². The van der Waals surface area contributed by atoms with E-state index in [1.54, 1.807) is 31.4 Å². The molecule has 0 unspecified atom stereocenters. The van der Waals surface area contributed by atoms with Gasteiger partial charge in [-0.05, 0) is 24.3 Å². The van der Waals surface area contributed by atoms with Gasteiger partial charge in [-0.15, -0.1) is 0 Å². The first-order valence-corrected chi connectivity index (χ1v) is 6.64. The third-order valence-corrected chi connectivity index (χ3v) is 2.84. The van der Waals surface area contributed by atoms with E-state index in [-0.39, 0.29) is 17.7 Å². The van der Waals surface area contributed by atoms with Crippen molar-refractivity contribution in [2.24, 2.45) is 0 Å². The van der Waals surface area contributed by atoms with E-state index in [1.807, 2.05) is 0 Å². The normalized spacial score (nSPS) is 10.2. The second-order valence-corrected chi connectivity index (χ2v) is 4.53. The molecule has 2 N–H and O–H groups in total. The highest BCUT2D eigenvalue weighted by Crippen LogP contribution is 2.16. The van der Waals surface area contributed by atoms with Crippen LogP contribution in [0.3, 0.4) is 0 Å². The SMILES string of the molecule is COc1ccc(OCCc2nc(CC(=O)O)cc(=O)[nH]2)cc1. The molecule has 22 heavy (non-hydrogen) atoms. The maximum Gasteiger partial charge on any atom is 0.309 e. The third-order valence-electron chi connectivity index (χ3n) is 2.84. The standard InChI is InChI=1S/C15H16N2O5/c1-21-11-2-4-12(5-3-11)22-7-6-13-16-10(9-15(19)20)8-14(18)17-13/h2-5,8H,6-7,9H2,1H3,(H,19,20)(H,16,17,18). The monoisotopic (exact) mass is 304 g/mol. The zero-order chi connectivity index (χ0) is 15.9. The number of nitrogens with one attached hydrogen (secondary N) is 1. The number of benzene rings is 1. The summed E-state index contributed by atoms with van der Waals surface area (Å²) < 4.78 is 10.6. The van der Waals surface area contributed by atoms with E-state index in [0.717, 1.165) is 5.75 Å². The molecule has 2 aromatic rings. The number of rotatable bonds is 7. The van der Waals surface area contributed by atoms with Gasteiger partial charge in [-0.3, -0.25) is 9.59 Å². The Morgan fingerprint density at radius 1 is 1.27 bits per heavy atom. The van der Waals surface area contributed by atoms with Gasteiger partial charge in [0.15, 0.2) is 0 Å². The molecule has 0 saturated heterocycles. The summed E-state index contributed by atoms with van der Waals surface area (Å²) in [6.45, 7) is 0.311. The van der Waals surface area contributed by atoms with E-state index >= 15 is 0 Å². The number of carbonyl (C=O) groups is 1. The van der Waals surface area contributed by atoms with Crippen molar-refractivity contribution in [3.8, 4) is 11.5 Å². The molecule has 1 aromatic heterocycles. The molecule has 116 valence electrons. The Morgan fingerprint density at radius 3 is 2.59 bits per heavy atom. The number of carboxylic acid groups (broad SMARTS) is 1. The van der Waals surface area contributed by atoms with Gasteiger partial charge >= 0.3 is 5.97 Å². The van der Waals surface area contributed by atoms with Gasteiger partial charge in [-0.2, -0.15) is 0 Å². The highest BCUT2D eigenvalue weighted by Gasteiger charge is 2.06. The molecule has 0 fully saturated rings. The van der Waals surface area contributed by atoms with Crippen molar-refractivity contribution in [2.75, 3.05) is 13.7 Å². The smallest absolute Gasteiger partial charge is 0.309 e. The first-order valence-electron chi connectivity index (χ1n) is 6.64. The fraction of sp³-hybridized carbons (Fsp3) is 0.267. The lowest BCUT2D eigenvalue weighted by Crippen LogP contribution is -2.16. The fourth-order valence-electron chi connectivity index (χ4n) is 1.86. The zero-order valence-corrected chi connectivity index (χ0v) is 12.0. The first kappa shape index (κ1) is 15.6. The number of methoxy groups -OCH3 is 1. The summed E-state index contributed by atoms with van der Waals surface area (Å²) in [5.41, 5.74) is -0.138. The lowest BCUT2D eigenvalue weighted by molar-refractivity contribution is -0.136. The van der Waals surface area contributed by atoms with E-state index < -0.39 is 5.97 Å². The van der Waals surface area contributed by atoms with E-state index in [9.17, 15) is 9.59 Å². The van der Waals surface area contributed by atoms with E-state index in [2.05, 4.69) is 9.97 Å². The average molecular weight is 304 g/mol. The number of aromatic amines is 1. The van der Waals surface area contributed by atoms with Gasteiger partial charge in [0.2, 0.25) is 0 Å². The molecular weight excluding hydrogens is 288 g/mol. The molecule has 0 atom stereocenters. The van der Waals surface area contributed by atoms with Crippen molar-refractivity contribution in [2.45, 2.75) is 12.8 Å². The summed E-state index contributed by atoms with van der Waals surface area (Å²) in [5.74, 6) is 0.778. The van der Waals surface area contributed by atoms with E-state index in [0.29, 0.717) is 24.6 Å². The minimum Gasteiger partial charge on any atom is -0.497 e. The molecule has 0 saturated carbocycles. The maximum atomic E-state index is 11.5. The van der Waals surface area contributed by atoms with Crippen LogP contribution in [0.25, 0.3) is 0 Å². The number of carboxylic acids is 1. The molecule has 0 bridgehead atoms. The van der Waals surface area contributed by atoms with Crippen molar-refractivity contribution in [3.05, 3.63) is 52.2 Å². The fourth-order valence-corrected chi connectivity index (χ4v) is 1.86. The average Bonchev–Trinajstić information content (AvgIpc) is 2.46. The predicted octanol–water partition coefficient (Wildman–Crippen LogP) is 1.03. The van der Waals surface area contributed by atoms with Gasteiger partial charge in [0.25, 0.3) is 5.56 Å². The van der Waals surface area contributed by atoms with Crippen LogP contribution in [-0.2, 0) is 17.6 Å². The minimum atomic E-state index is -1.03. The van der Waals surface area contributed by atoms with Crippen molar-refractivity contribution in [3.63, 3.8) is 0 Å². The number of H-pyrrole nitrogens is 1. The Kier molecular flexibility index (Phi) is 5.13. The van der Waals surface area contributed by atoms with Crippen LogP contribution in [0.4, 0.5) is 0 Å². The summed E-state index contributed by atoms with van der Waals surface area (Å²) in [4.78, 5) is 28.8. The molecule has 1 aromatic carbocycles. The van der Waals surface area contributed by atoms with Gasteiger partial charge < -0.3 is 19.6 Å². The molecule has 0 radical (unpaired) electrons. The van der Waals surface area contributed by atoms with Crippen molar-refractivity contribution < 1.29 is 19.4 Å². The predicted molar refractivity (Wildman–Crippen MR) is 78.4 cm³/mol. The second kappa shape index (κ2) is 7.26. The van der Waals surface area contributed by atoms with Gasteiger partial charge in [0.1, 0.15) is 17.3 Å². The molecule has 0 aliphatic carbocycles. The lowest BCUT2D eigenvalue weighted by atomic mass is 10.3. The van der Waals surface area contributed by atoms with Crippen molar-refractivity contribution in [1.82, 2.24) is 9.97 Å². The van der Waals surface area contributed by atoms with Crippen LogP contribution >= 0.6 is 0 Å². The number of aromatic nitrogens is 2. The Hall–Kier alpha value is -2.83. The topological polar surface area (TPSA) is 102 Å². The number of aliphatic carboxylic acids is 1. The van der Waals surface area contributed by atoms with Crippen LogP contribution in [0.1, 0.15) is 11.5 Å².